The van der Waals surface area contributed by atoms with Crippen LogP contribution in [0.4, 0.5) is 16.2 Å². The number of carbonyl (C=O) groups is 1. The van der Waals surface area contributed by atoms with Crippen molar-refractivity contribution in [3.05, 3.63) is 52.5 Å². The van der Waals surface area contributed by atoms with Crippen molar-refractivity contribution in [2.45, 2.75) is 13.8 Å². The first-order chi connectivity index (χ1) is 12.5. The summed E-state index contributed by atoms with van der Waals surface area (Å²) < 4.78 is 5.44. The molecule has 5 nitrogen and oxygen atoms in total. The van der Waals surface area contributed by atoms with Crippen molar-refractivity contribution in [2.75, 3.05) is 43.5 Å². The van der Waals surface area contributed by atoms with Gasteiger partial charge in [-0.1, -0.05) is 17.7 Å². The van der Waals surface area contributed by atoms with E-state index >= 15 is 0 Å². The number of urea groups is 1. The summed E-state index contributed by atoms with van der Waals surface area (Å²) in [7, 11) is 1.65. The minimum Gasteiger partial charge on any atom is -0.495 e. The molecule has 0 aliphatic carbocycles. The lowest BCUT2D eigenvalue weighted by molar-refractivity contribution is 0.208. The number of anilines is 2. The zero-order chi connectivity index (χ0) is 18.7. The number of methoxy groups -OCH3 is 1. The van der Waals surface area contributed by atoms with Crippen LogP contribution in [0.2, 0.25) is 5.02 Å². The second-order valence-electron chi connectivity index (χ2n) is 6.60. The van der Waals surface area contributed by atoms with Gasteiger partial charge in [0.25, 0.3) is 0 Å². The molecule has 2 aromatic carbocycles. The van der Waals surface area contributed by atoms with Crippen LogP contribution in [0.5, 0.6) is 5.75 Å². The van der Waals surface area contributed by atoms with Gasteiger partial charge in [-0.2, -0.15) is 0 Å². The third-order valence-corrected chi connectivity index (χ3v) is 4.76. The van der Waals surface area contributed by atoms with Crippen molar-refractivity contribution in [3.63, 3.8) is 0 Å². The fraction of sp³-hybridized carbons (Fsp3) is 0.350. The Morgan fingerprint density at radius 3 is 2.31 bits per heavy atom. The number of carbonyl (C=O) groups excluding carboxylic acids is 1. The Balaban J connectivity index is 1.63. The molecule has 6 heteroatoms. The zero-order valence-corrected chi connectivity index (χ0v) is 16.1. The Labute approximate surface area is 159 Å². The molecule has 0 unspecified atom stereocenters. The lowest BCUT2D eigenvalue weighted by atomic mass is 10.1. The molecule has 0 spiro atoms. The average Bonchev–Trinajstić information content (AvgIpc) is 2.61. The summed E-state index contributed by atoms with van der Waals surface area (Å²) in [5.74, 6) is 0.794. The van der Waals surface area contributed by atoms with Gasteiger partial charge >= 0.3 is 6.03 Å². The van der Waals surface area contributed by atoms with Gasteiger partial charge in [0.05, 0.1) is 12.8 Å². The number of benzene rings is 2. The van der Waals surface area contributed by atoms with E-state index in [9.17, 15) is 4.79 Å². The third kappa shape index (κ3) is 4.22. The number of nitrogens with one attached hydrogen (secondary N) is 1. The summed E-state index contributed by atoms with van der Waals surface area (Å²) >= 11 is 6.13. The Morgan fingerprint density at radius 1 is 1.04 bits per heavy atom. The summed E-state index contributed by atoms with van der Waals surface area (Å²) in [5.41, 5.74) is 4.08. The molecule has 1 aliphatic heterocycles. The van der Waals surface area contributed by atoms with Crippen LogP contribution in [0.1, 0.15) is 11.1 Å². The Morgan fingerprint density at radius 2 is 1.69 bits per heavy atom. The number of ether oxygens (including phenoxy) is 1. The summed E-state index contributed by atoms with van der Waals surface area (Å²) in [6, 6.07) is 11.6. The van der Waals surface area contributed by atoms with Gasteiger partial charge in [-0.15, -0.1) is 0 Å². The van der Waals surface area contributed by atoms with Crippen molar-refractivity contribution in [2.24, 2.45) is 0 Å². The zero-order valence-electron chi connectivity index (χ0n) is 15.4. The van der Waals surface area contributed by atoms with Crippen LogP contribution in [0.25, 0.3) is 0 Å². The molecule has 26 heavy (non-hydrogen) atoms. The Hall–Kier alpha value is -2.40. The molecule has 0 saturated carbocycles. The van der Waals surface area contributed by atoms with Crippen LogP contribution in [-0.2, 0) is 0 Å². The maximum Gasteiger partial charge on any atom is 0.321 e. The third-order valence-electron chi connectivity index (χ3n) is 4.52. The van der Waals surface area contributed by atoms with Crippen molar-refractivity contribution in [1.29, 1.82) is 0 Å². The topological polar surface area (TPSA) is 44.8 Å². The summed E-state index contributed by atoms with van der Waals surface area (Å²) in [4.78, 5) is 16.6. The number of halogens is 1. The summed E-state index contributed by atoms with van der Waals surface area (Å²) in [6.07, 6.45) is 0. The maximum atomic E-state index is 12.6. The van der Waals surface area contributed by atoms with Crippen molar-refractivity contribution >= 4 is 29.0 Å². The monoisotopic (exact) mass is 373 g/mol. The highest BCUT2D eigenvalue weighted by atomic mass is 35.5. The molecule has 0 atom stereocenters. The minimum absolute atomic E-state index is 0.0623. The molecule has 1 aliphatic rings. The van der Waals surface area contributed by atoms with Crippen LogP contribution >= 0.6 is 11.6 Å². The molecule has 1 fully saturated rings. The smallest absolute Gasteiger partial charge is 0.321 e. The fourth-order valence-corrected chi connectivity index (χ4v) is 3.48. The van der Waals surface area contributed by atoms with Gasteiger partial charge < -0.3 is 19.9 Å². The molecule has 0 bridgehead atoms. The van der Waals surface area contributed by atoms with Crippen molar-refractivity contribution in [1.82, 2.24) is 4.90 Å². The minimum atomic E-state index is -0.0623. The first kappa shape index (κ1) is 18.4. The molecule has 0 radical (unpaired) electrons. The van der Waals surface area contributed by atoms with E-state index in [1.54, 1.807) is 7.11 Å². The van der Waals surface area contributed by atoms with Crippen LogP contribution in [0, 0.1) is 13.8 Å². The molecule has 138 valence electrons. The van der Waals surface area contributed by atoms with E-state index in [2.05, 4.69) is 16.3 Å². The van der Waals surface area contributed by atoms with Gasteiger partial charge in [0.15, 0.2) is 0 Å². The van der Waals surface area contributed by atoms with Crippen molar-refractivity contribution < 1.29 is 9.53 Å². The first-order valence-electron chi connectivity index (χ1n) is 8.69. The van der Waals surface area contributed by atoms with Crippen LogP contribution in [-0.4, -0.2) is 44.2 Å². The van der Waals surface area contributed by atoms with E-state index in [-0.39, 0.29) is 6.03 Å². The average molecular weight is 374 g/mol. The lowest BCUT2D eigenvalue weighted by Crippen LogP contribution is -2.50. The molecule has 1 heterocycles. The van der Waals surface area contributed by atoms with Crippen LogP contribution in [0.3, 0.4) is 0 Å². The maximum absolute atomic E-state index is 12.6. The standard InChI is InChI=1S/C20H24ClN3O2/c1-14-10-15(2)12-17(11-14)22-20(25)24-8-6-23(7-9-24)18-13-16(21)4-5-19(18)26-3/h4-5,10-13H,6-9H2,1-3H3,(H,22,25). The molecular weight excluding hydrogens is 350 g/mol. The molecule has 1 N–H and O–H groups in total. The second-order valence-corrected chi connectivity index (χ2v) is 7.03. The highest BCUT2D eigenvalue weighted by Gasteiger charge is 2.23. The SMILES string of the molecule is COc1ccc(Cl)cc1N1CCN(C(=O)Nc2cc(C)cc(C)c2)CC1. The van der Waals surface area contributed by atoms with Crippen LogP contribution < -0.4 is 15.0 Å². The molecule has 1 saturated heterocycles. The first-order valence-corrected chi connectivity index (χ1v) is 9.07. The van der Waals surface area contributed by atoms with Gasteiger partial charge in [-0.25, -0.2) is 4.79 Å². The second kappa shape index (κ2) is 7.87. The summed E-state index contributed by atoms with van der Waals surface area (Å²) in [5, 5.41) is 3.68. The Bertz CT molecular complexity index is 781. The molecule has 2 amide bonds. The molecule has 0 aromatic heterocycles. The van der Waals surface area contributed by atoms with Gasteiger partial charge in [0, 0.05) is 36.9 Å². The lowest BCUT2D eigenvalue weighted by Gasteiger charge is -2.36. The van der Waals surface area contributed by atoms with E-state index < -0.39 is 0 Å². The molecular formula is C20H24ClN3O2. The van der Waals surface area contributed by atoms with Crippen LogP contribution in [0.15, 0.2) is 36.4 Å². The van der Waals surface area contributed by atoms with E-state index in [0.717, 1.165) is 41.3 Å². The van der Waals surface area contributed by atoms with Gasteiger partial charge in [-0.05, 0) is 55.3 Å². The fourth-order valence-electron chi connectivity index (χ4n) is 3.31. The normalized spacial score (nSPS) is 14.3. The predicted molar refractivity (Wildman–Crippen MR) is 107 cm³/mol. The van der Waals surface area contributed by atoms with Gasteiger partial charge in [0.1, 0.15) is 5.75 Å². The number of hydrogen-bond donors (Lipinski definition) is 1. The highest BCUT2D eigenvalue weighted by molar-refractivity contribution is 6.30. The van der Waals surface area contributed by atoms with E-state index in [0.29, 0.717) is 18.1 Å². The van der Waals surface area contributed by atoms with E-state index in [4.69, 9.17) is 16.3 Å². The van der Waals surface area contributed by atoms with E-state index in [1.807, 2.05) is 49.1 Å². The number of hydrogen-bond acceptors (Lipinski definition) is 3. The number of aryl methyl sites for hydroxylation is 2. The largest absolute Gasteiger partial charge is 0.495 e. The quantitative estimate of drug-likeness (QED) is 0.871. The van der Waals surface area contributed by atoms with E-state index in [1.165, 1.54) is 0 Å². The number of amides is 2. The molecule has 2 aromatic rings. The summed E-state index contributed by atoms with van der Waals surface area (Å²) in [6.45, 7) is 6.81. The number of piperazine rings is 1. The number of rotatable bonds is 3. The molecule has 3 rings (SSSR count). The predicted octanol–water partition coefficient (Wildman–Crippen LogP) is 4.32. The highest BCUT2D eigenvalue weighted by Crippen LogP contribution is 2.31. The number of nitrogens with zero attached hydrogens (tertiary/aromatic N) is 2. The Kier molecular flexibility index (Phi) is 5.57. The van der Waals surface area contributed by atoms with Gasteiger partial charge in [0.2, 0.25) is 0 Å². The van der Waals surface area contributed by atoms with Crippen molar-refractivity contribution in [3.8, 4) is 5.75 Å². The van der Waals surface area contributed by atoms with Gasteiger partial charge in [-0.3, -0.25) is 0 Å².